The molecule has 0 aromatic heterocycles. The topological polar surface area (TPSA) is 23.5 Å². The largest absolute Gasteiger partial charge is 0.392 e. The van der Waals surface area contributed by atoms with E-state index in [-0.39, 0.29) is 6.61 Å². The van der Waals surface area contributed by atoms with E-state index in [2.05, 4.69) is 37.4 Å². The van der Waals surface area contributed by atoms with Crippen LogP contribution in [0, 0.1) is 5.92 Å². The average Bonchev–Trinajstić information content (AvgIpc) is 2.74. The van der Waals surface area contributed by atoms with Crippen LogP contribution in [0.2, 0.25) is 0 Å². The maximum absolute atomic E-state index is 9.39. The molecule has 0 spiro atoms. The van der Waals surface area contributed by atoms with Crippen LogP contribution >= 0.6 is 11.9 Å². The third kappa shape index (κ3) is 2.72. The molecule has 19 heavy (non-hydrogen) atoms. The second-order valence-corrected chi connectivity index (χ2v) is 6.15. The molecule has 102 valence electrons. The lowest BCUT2D eigenvalue weighted by molar-refractivity contribution is 0.282. The first-order valence-electron chi connectivity index (χ1n) is 6.65. The van der Waals surface area contributed by atoms with Crippen molar-refractivity contribution in [3.05, 3.63) is 42.0 Å². The van der Waals surface area contributed by atoms with Crippen molar-refractivity contribution in [2.24, 2.45) is 5.92 Å². The predicted octanol–water partition coefficient (Wildman–Crippen LogP) is 4.31. The molecule has 0 bridgehead atoms. The van der Waals surface area contributed by atoms with Crippen LogP contribution in [0.15, 0.2) is 25.3 Å². The Morgan fingerprint density at radius 2 is 2.21 bits per heavy atom. The van der Waals surface area contributed by atoms with Crippen LogP contribution in [0.5, 0.6) is 0 Å². The highest BCUT2D eigenvalue weighted by atomic mass is 32.2. The van der Waals surface area contributed by atoms with Crippen molar-refractivity contribution in [3.8, 4) is 0 Å². The maximum Gasteiger partial charge on any atom is 0.0682 e. The Balaban J connectivity index is 2.44. The van der Waals surface area contributed by atoms with Crippen molar-refractivity contribution in [3.63, 3.8) is 0 Å². The summed E-state index contributed by atoms with van der Waals surface area (Å²) in [6, 6.07) is 4.06. The van der Waals surface area contributed by atoms with E-state index in [1.165, 1.54) is 5.56 Å². The van der Waals surface area contributed by atoms with Gasteiger partial charge in [-0.25, -0.2) is 0 Å². The van der Waals surface area contributed by atoms with Crippen LogP contribution in [0.4, 0.5) is 5.69 Å². The Labute approximate surface area is 120 Å². The first-order valence-corrected chi connectivity index (χ1v) is 7.43. The number of hydrogen-bond acceptors (Lipinski definition) is 3. The van der Waals surface area contributed by atoms with Crippen molar-refractivity contribution >= 4 is 28.6 Å². The Hall–Kier alpha value is -1.19. The highest BCUT2D eigenvalue weighted by Gasteiger charge is 2.27. The van der Waals surface area contributed by atoms with Gasteiger partial charge >= 0.3 is 0 Å². The molecule has 3 heteroatoms. The normalized spacial score (nSPS) is 15.5. The molecule has 0 saturated heterocycles. The van der Waals surface area contributed by atoms with Gasteiger partial charge in [0.25, 0.3) is 0 Å². The summed E-state index contributed by atoms with van der Waals surface area (Å²) in [6.07, 6.45) is 3.00. The molecule has 1 aromatic carbocycles. The number of aliphatic hydroxyl groups is 1. The number of anilines is 1. The van der Waals surface area contributed by atoms with Gasteiger partial charge in [-0.05, 0) is 41.1 Å². The molecule has 1 aromatic rings. The van der Waals surface area contributed by atoms with Crippen LogP contribution in [-0.2, 0) is 6.61 Å². The molecular weight excluding hydrogens is 254 g/mol. The van der Waals surface area contributed by atoms with E-state index in [1.807, 2.05) is 12.1 Å². The van der Waals surface area contributed by atoms with Gasteiger partial charge in [-0.2, -0.15) is 0 Å². The zero-order chi connectivity index (χ0) is 14.0. The number of rotatable bonds is 5. The molecule has 2 nitrogen and oxygen atoms in total. The minimum atomic E-state index is 0.0580. The van der Waals surface area contributed by atoms with Gasteiger partial charge < -0.3 is 9.41 Å². The second kappa shape index (κ2) is 5.85. The van der Waals surface area contributed by atoms with Crippen LogP contribution < -0.4 is 4.31 Å². The summed E-state index contributed by atoms with van der Waals surface area (Å²) < 4.78 is 2.29. The van der Waals surface area contributed by atoms with Gasteiger partial charge in [0.1, 0.15) is 0 Å². The number of benzene rings is 1. The van der Waals surface area contributed by atoms with Gasteiger partial charge in [0.2, 0.25) is 0 Å². The first-order chi connectivity index (χ1) is 9.10. The molecule has 0 fully saturated rings. The molecule has 1 aliphatic rings. The minimum absolute atomic E-state index is 0.0580. The summed E-state index contributed by atoms with van der Waals surface area (Å²) in [7, 11) is 0. The second-order valence-electron chi connectivity index (χ2n) is 5.03. The maximum atomic E-state index is 9.39. The molecule has 0 radical (unpaired) electrons. The summed E-state index contributed by atoms with van der Waals surface area (Å²) in [6.45, 7) is 13.5. The Morgan fingerprint density at radius 1 is 1.47 bits per heavy atom. The average molecular weight is 275 g/mol. The quantitative estimate of drug-likeness (QED) is 0.810. The fourth-order valence-electron chi connectivity index (χ4n) is 2.24. The van der Waals surface area contributed by atoms with Gasteiger partial charge in [0.05, 0.1) is 12.3 Å². The highest BCUT2D eigenvalue weighted by molar-refractivity contribution is 8.10. The Bertz CT molecular complexity index is 510. The Kier molecular flexibility index (Phi) is 4.38. The van der Waals surface area contributed by atoms with Crippen LogP contribution in [0.1, 0.15) is 37.0 Å². The van der Waals surface area contributed by atoms with E-state index in [4.69, 9.17) is 0 Å². The fraction of sp³-hybridized carbons (Fsp3) is 0.375. The molecule has 0 saturated carbocycles. The van der Waals surface area contributed by atoms with Crippen molar-refractivity contribution in [1.82, 2.24) is 0 Å². The van der Waals surface area contributed by atoms with Crippen molar-refractivity contribution < 1.29 is 5.11 Å². The molecule has 1 aliphatic heterocycles. The summed E-state index contributed by atoms with van der Waals surface area (Å²) in [5.41, 5.74) is 4.32. The lowest BCUT2D eigenvalue weighted by Crippen LogP contribution is -2.19. The van der Waals surface area contributed by atoms with Gasteiger partial charge in [0.15, 0.2) is 0 Å². The zero-order valence-electron chi connectivity index (χ0n) is 11.6. The van der Waals surface area contributed by atoms with E-state index < -0.39 is 0 Å². The van der Waals surface area contributed by atoms with Gasteiger partial charge in [-0.1, -0.05) is 39.5 Å². The van der Waals surface area contributed by atoms with Crippen molar-refractivity contribution in [2.45, 2.75) is 26.9 Å². The van der Waals surface area contributed by atoms with Gasteiger partial charge in [0, 0.05) is 17.0 Å². The van der Waals surface area contributed by atoms with Gasteiger partial charge in [-0.15, -0.1) is 0 Å². The molecule has 0 amide bonds. The SMILES string of the molecule is C=Cc1cc(CO)cc2c1C(=C)SN2CC(C)CC. The molecule has 1 atom stereocenters. The molecular formula is C16H21NOS. The van der Waals surface area contributed by atoms with E-state index in [0.717, 1.165) is 34.7 Å². The lowest BCUT2D eigenvalue weighted by atomic mass is 10.0. The van der Waals surface area contributed by atoms with Crippen LogP contribution in [0.25, 0.3) is 11.0 Å². The summed E-state index contributed by atoms with van der Waals surface area (Å²) >= 11 is 1.70. The predicted molar refractivity (Wildman–Crippen MR) is 85.9 cm³/mol. The minimum Gasteiger partial charge on any atom is -0.392 e. The fourth-order valence-corrected chi connectivity index (χ4v) is 3.39. The molecule has 1 heterocycles. The monoisotopic (exact) mass is 275 g/mol. The van der Waals surface area contributed by atoms with E-state index in [0.29, 0.717) is 5.92 Å². The number of fused-ring (bicyclic) bond motifs is 1. The Morgan fingerprint density at radius 3 is 2.79 bits per heavy atom. The van der Waals surface area contributed by atoms with E-state index in [9.17, 15) is 5.11 Å². The molecule has 2 rings (SSSR count). The van der Waals surface area contributed by atoms with Crippen molar-refractivity contribution in [1.29, 1.82) is 0 Å². The van der Waals surface area contributed by atoms with Crippen LogP contribution in [-0.4, -0.2) is 11.7 Å². The molecule has 0 aliphatic carbocycles. The smallest absolute Gasteiger partial charge is 0.0682 e. The van der Waals surface area contributed by atoms with Crippen LogP contribution in [0.3, 0.4) is 0 Å². The molecule has 1 N–H and O–H groups in total. The third-order valence-electron chi connectivity index (χ3n) is 3.55. The van der Waals surface area contributed by atoms with E-state index >= 15 is 0 Å². The van der Waals surface area contributed by atoms with Gasteiger partial charge in [-0.3, -0.25) is 0 Å². The number of nitrogens with zero attached hydrogens (tertiary/aromatic N) is 1. The summed E-state index contributed by atoms with van der Waals surface area (Å²) in [4.78, 5) is 1.07. The summed E-state index contributed by atoms with van der Waals surface area (Å²) in [5, 5.41) is 9.39. The standard InChI is InChI=1S/C16H21NOS/c1-5-11(3)9-17-15-8-13(10-18)7-14(6-2)16(15)12(4)19-17/h6-8,11,18H,2,4-5,9-10H2,1,3H3. The van der Waals surface area contributed by atoms with E-state index in [1.54, 1.807) is 11.9 Å². The van der Waals surface area contributed by atoms with Crippen molar-refractivity contribution in [2.75, 3.05) is 10.8 Å². The summed E-state index contributed by atoms with van der Waals surface area (Å²) in [5.74, 6) is 0.635. The zero-order valence-corrected chi connectivity index (χ0v) is 12.5. The lowest BCUT2D eigenvalue weighted by Gasteiger charge is -2.21. The number of hydrogen-bond donors (Lipinski definition) is 1. The highest BCUT2D eigenvalue weighted by Crippen LogP contribution is 2.48. The number of aliphatic hydroxyl groups excluding tert-OH is 1. The first kappa shape index (κ1) is 14.2. The third-order valence-corrected chi connectivity index (χ3v) is 4.54. The molecule has 1 unspecified atom stereocenters.